The topological polar surface area (TPSA) is 46.5 Å². The zero-order valence-corrected chi connectivity index (χ0v) is 11.3. The fourth-order valence-corrected chi connectivity index (χ4v) is 3.34. The Morgan fingerprint density at radius 3 is 2.65 bits per heavy atom. The Labute approximate surface area is 121 Å². The first kappa shape index (κ1) is 11.9. The molecule has 0 spiro atoms. The van der Waals surface area contributed by atoms with Crippen LogP contribution in [0.1, 0.15) is 27.1 Å². The molecule has 1 aromatic carbocycles. The molecule has 4 rings (SSSR count). The van der Waals surface area contributed by atoms with Crippen molar-refractivity contribution in [3.05, 3.63) is 35.4 Å². The Kier molecular flexibility index (Phi) is 2.13. The van der Waals surface area contributed by atoms with Crippen molar-refractivity contribution in [2.75, 3.05) is 5.88 Å². The highest BCUT2D eigenvalue weighted by Crippen LogP contribution is 2.64. The van der Waals surface area contributed by atoms with Gasteiger partial charge in [-0.05, 0) is 0 Å². The van der Waals surface area contributed by atoms with Crippen LogP contribution in [-0.2, 0) is 0 Å². The van der Waals surface area contributed by atoms with E-state index in [1.807, 2.05) is 0 Å². The standard InChI is InChI=1S/C16H10ClNO2/c17-7-10-5-6-15-9-16(15,18-8-10)14(20)12-4-2-1-3-11(12)13(15)19/h1-4,8,10H,7,9H2/t10?,15-,16?/m1/s1. The van der Waals surface area contributed by atoms with E-state index < -0.39 is 11.0 Å². The van der Waals surface area contributed by atoms with E-state index in [0.717, 1.165) is 0 Å². The van der Waals surface area contributed by atoms with E-state index >= 15 is 0 Å². The minimum Gasteiger partial charge on any atom is -0.292 e. The summed E-state index contributed by atoms with van der Waals surface area (Å²) >= 11 is 5.81. The van der Waals surface area contributed by atoms with Crippen molar-refractivity contribution in [1.29, 1.82) is 0 Å². The molecule has 0 amide bonds. The van der Waals surface area contributed by atoms with Crippen LogP contribution >= 0.6 is 11.6 Å². The van der Waals surface area contributed by atoms with Gasteiger partial charge < -0.3 is 0 Å². The summed E-state index contributed by atoms with van der Waals surface area (Å²) < 4.78 is 0. The number of rotatable bonds is 1. The second-order valence-corrected chi connectivity index (χ2v) is 5.76. The number of hydrogen-bond donors (Lipinski definition) is 0. The van der Waals surface area contributed by atoms with Crippen LogP contribution in [0.15, 0.2) is 29.3 Å². The van der Waals surface area contributed by atoms with Crippen molar-refractivity contribution in [3.8, 4) is 11.8 Å². The molecule has 3 aliphatic rings. The quantitative estimate of drug-likeness (QED) is 0.585. The minimum atomic E-state index is -0.994. The fraction of sp³-hybridized carbons (Fsp3) is 0.312. The van der Waals surface area contributed by atoms with Crippen LogP contribution in [0.4, 0.5) is 0 Å². The molecule has 0 bridgehead atoms. The van der Waals surface area contributed by atoms with Gasteiger partial charge in [-0.15, -0.1) is 11.6 Å². The molecule has 3 nitrogen and oxygen atoms in total. The lowest BCUT2D eigenvalue weighted by Crippen LogP contribution is -2.38. The van der Waals surface area contributed by atoms with Gasteiger partial charge in [0.1, 0.15) is 11.0 Å². The fourth-order valence-electron chi connectivity index (χ4n) is 3.18. The molecule has 20 heavy (non-hydrogen) atoms. The van der Waals surface area contributed by atoms with E-state index in [4.69, 9.17) is 11.6 Å². The predicted octanol–water partition coefficient (Wildman–Crippen LogP) is 2.14. The molecule has 1 saturated carbocycles. The first-order valence-electron chi connectivity index (χ1n) is 6.47. The van der Waals surface area contributed by atoms with Crippen LogP contribution in [0.5, 0.6) is 0 Å². The first-order valence-corrected chi connectivity index (χ1v) is 7.01. The molecule has 2 unspecified atom stereocenters. The summed E-state index contributed by atoms with van der Waals surface area (Å²) in [5, 5.41) is 0. The molecule has 1 fully saturated rings. The molecule has 0 saturated heterocycles. The Morgan fingerprint density at radius 1 is 1.25 bits per heavy atom. The van der Waals surface area contributed by atoms with Gasteiger partial charge >= 0.3 is 0 Å². The number of carbonyl (C=O) groups excluding carboxylic acids is 2. The zero-order chi connectivity index (χ0) is 14.0. The van der Waals surface area contributed by atoms with Crippen molar-refractivity contribution in [1.82, 2.24) is 0 Å². The Balaban J connectivity index is 1.96. The van der Waals surface area contributed by atoms with Gasteiger partial charge in [0.2, 0.25) is 0 Å². The first-order chi connectivity index (χ1) is 9.64. The summed E-state index contributed by atoms with van der Waals surface area (Å²) in [5.74, 6) is 5.96. The summed E-state index contributed by atoms with van der Waals surface area (Å²) in [7, 11) is 0. The Bertz CT molecular complexity index is 757. The molecule has 0 N–H and O–H groups in total. The molecule has 1 aliphatic heterocycles. The normalized spacial score (nSPS) is 36.1. The summed E-state index contributed by atoms with van der Waals surface area (Å²) in [6.07, 6.45) is 2.03. The molecule has 0 aromatic heterocycles. The van der Waals surface area contributed by atoms with Crippen LogP contribution in [0, 0.1) is 23.2 Å². The lowest BCUT2D eigenvalue weighted by Gasteiger charge is -2.23. The van der Waals surface area contributed by atoms with Crippen molar-refractivity contribution in [3.63, 3.8) is 0 Å². The second-order valence-electron chi connectivity index (χ2n) is 5.45. The molecule has 98 valence electrons. The van der Waals surface area contributed by atoms with Gasteiger partial charge in [-0.2, -0.15) is 0 Å². The summed E-state index contributed by atoms with van der Waals surface area (Å²) in [6, 6.07) is 6.93. The van der Waals surface area contributed by atoms with Crippen molar-refractivity contribution >= 4 is 29.4 Å². The number of ketones is 2. The summed E-state index contributed by atoms with van der Waals surface area (Å²) in [4.78, 5) is 29.9. The number of alkyl halides is 1. The SMILES string of the molecule is O=C1c2ccccc2C(=O)[C@]23C#CC(CCl)C=NC12C3. The summed E-state index contributed by atoms with van der Waals surface area (Å²) in [6.45, 7) is 0. The highest BCUT2D eigenvalue weighted by Gasteiger charge is 2.78. The van der Waals surface area contributed by atoms with Gasteiger partial charge in [0.15, 0.2) is 11.6 Å². The maximum absolute atomic E-state index is 12.7. The van der Waals surface area contributed by atoms with Gasteiger partial charge in [0.05, 0.1) is 5.92 Å². The minimum absolute atomic E-state index is 0.0763. The molecule has 2 aliphatic carbocycles. The van der Waals surface area contributed by atoms with Gasteiger partial charge in [-0.25, -0.2) is 0 Å². The monoisotopic (exact) mass is 283 g/mol. The molecular formula is C16H10ClNO2. The molecule has 1 heterocycles. The number of halogens is 1. The summed E-state index contributed by atoms with van der Waals surface area (Å²) in [5.41, 5.74) is -1.00. The largest absolute Gasteiger partial charge is 0.292 e. The van der Waals surface area contributed by atoms with Crippen molar-refractivity contribution < 1.29 is 9.59 Å². The van der Waals surface area contributed by atoms with Gasteiger partial charge in [0.25, 0.3) is 0 Å². The molecular weight excluding hydrogens is 274 g/mol. The smallest absolute Gasteiger partial charge is 0.193 e. The van der Waals surface area contributed by atoms with E-state index in [2.05, 4.69) is 16.8 Å². The third kappa shape index (κ3) is 1.16. The van der Waals surface area contributed by atoms with Gasteiger partial charge in [-0.1, -0.05) is 36.1 Å². The Hall–Kier alpha value is -1.92. The van der Waals surface area contributed by atoms with Gasteiger partial charge in [-0.3, -0.25) is 14.6 Å². The van der Waals surface area contributed by atoms with Crippen LogP contribution in [0.3, 0.4) is 0 Å². The molecule has 4 heteroatoms. The molecule has 1 aromatic rings. The molecule has 3 atom stereocenters. The number of Topliss-reactive ketones (excluding diaryl/α,β-unsaturated/α-hetero) is 2. The van der Waals surface area contributed by atoms with Gasteiger partial charge in [0, 0.05) is 29.6 Å². The van der Waals surface area contributed by atoms with E-state index in [9.17, 15) is 9.59 Å². The third-order valence-corrected chi connectivity index (χ3v) is 4.73. The van der Waals surface area contributed by atoms with Crippen molar-refractivity contribution in [2.45, 2.75) is 12.0 Å². The van der Waals surface area contributed by atoms with Crippen LogP contribution in [0.25, 0.3) is 0 Å². The van der Waals surface area contributed by atoms with E-state index in [-0.39, 0.29) is 17.5 Å². The van der Waals surface area contributed by atoms with E-state index in [1.165, 1.54) is 0 Å². The van der Waals surface area contributed by atoms with Crippen LogP contribution in [-0.4, -0.2) is 29.2 Å². The number of aliphatic imine (C=N–C) groups is 1. The highest BCUT2D eigenvalue weighted by atomic mass is 35.5. The second kappa shape index (κ2) is 3.59. The zero-order valence-electron chi connectivity index (χ0n) is 10.5. The molecule has 0 radical (unpaired) electrons. The van der Waals surface area contributed by atoms with Crippen LogP contribution in [0.2, 0.25) is 0 Å². The number of nitrogens with zero attached hydrogens (tertiary/aromatic N) is 1. The third-order valence-electron chi connectivity index (χ3n) is 4.39. The average Bonchev–Trinajstić information content (AvgIpc) is 3.17. The number of carbonyl (C=O) groups is 2. The maximum atomic E-state index is 12.7. The number of benzene rings is 1. The van der Waals surface area contributed by atoms with Crippen molar-refractivity contribution in [2.24, 2.45) is 16.3 Å². The maximum Gasteiger partial charge on any atom is 0.193 e. The number of hydrogen-bond acceptors (Lipinski definition) is 3. The lowest BCUT2D eigenvalue weighted by atomic mass is 9.79. The van der Waals surface area contributed by atoms with E-state index in [0.29, 0.717) is 23.4 Å². The predicted molar refractivity (Wildman–Crippen MR) is 75.4 cm³/mol. The lowest BCUT2D eigenvalue weighted by molar-refractivity contribution is 0.0831. The Morgan fingerprint density at radius 2 is 1.95 bits per heavy atom. The highest BCUT2D eigenvalue weighted by molar-refractivity contribution is 6.27. The number of fused-ring (bicyclic) bond motifs is 1. The average molecular weight is 284 g/mol. The van der Waals surface area contributed by atoms with E-state index in [1.54, 1.807) is 30.5 Å². The van der Waals surface area contributed by atoms with Crippen LogP contribution < -0.4 is 0 Å².